The third kappa shape index (κ3) is 2.91. The van der Waals surface area contributed by atoms with Crippen LogP contribution in [0, 0.1) is 0 Å². The molecule has 5 heteroatoms. The maximum atomic E-state index is 11.2. The van der Waals surface area contributed by atoms with E-state index >= 15 is 0 Å². The van der Waals surface area contributed by atoms with E-state index in [1.54, 1.807) is 0 Å². The van der Waals surface area contributed by atoms with Crippen LogP contribution in [0.4, 0.5) is 0 Å². The number of nitrogens with two attached hydrogens (primary N) is 1. The lowest BCUT2D eigenvalue weighted by atomic mass is 10.1. The molecule has 0 spiro atoms. The molecule has 0 amide bonds. The SMILES string of the molecule is CS(=O)(=O)CCn1ccc2c(CCN)cccc21. The van der Waals surface area contributed by atoms with E-state index in [0.717, 1.165) is 17.3 Å². The molecule has 98 valence electrons. The molecule has 0 radical (unpaired) electrons. The second-order valence-electron chi connectivity index (χ2n) is 4.53. The normalized spacial score (nSPS) is 12.1. The number of nitrogens with zero attached hydrogens (tertiary/aromatic N) is 1. The fourth-order valence-corrected chi connectivity index (χ4v) is 2.65. The minimum Gasteiger partial charge on any atom is -0.346 e. The zero-order chi connectivity index (χ0) is 13.2. The van der Waals surface area contributed by atoms with Crippen LogP contribution in [0.5, 0.6) is 0 Å². The summed E-state index contributed by atoms with van der Waals surface area (Å²) in [6.45, 7) is 1.11. The quantitative estimate of drug-likeness (QED) is 0.884. The maximum Gasteiger partial charge on any atom is 0.149 e. The van der Waals surface area contributed by atoms with Crippen molar-refractivity contribution in [1.82, 2.24) is 4.57 Å². The molecule has 0 saturated heterocycles. The molecule has 0 aliphatic rings. The van der Waals surface area contributed by atoms with Gasteiger partial charge >= 0.3 is 0 Å². The van der Waals surface area contributed by atoms with Crippen molar-refractivity contribution in [3.8, 4) is 0 Å². The van der Waals surface area contributed by atoms with Gasteiger partial charge in [-0.3, -0.25) is 0 Å². The smallest absolute Gasteiger partial charge is 0.149 e. The Morgan fingerprint density at radius 3 is 2.72 bits per heavy atom. The Kier molecular flexibility index (Phi) is 3.73. The van der Waals surface area contributed by atoms with Crippen molar-refractivity contribution in [2.75, 3.05) is 18.6 Å². The summed E-state index contributed by atoms with van der Waals surface area (Å²) in [6.07, 6.45) is 4.04. The third-order valence-electron chi connectivity index (χ3n) is 3.02. The highest BCUT2D eigenvalue weighted by atomic mass is 32.2. The molecular weight excluding hydrogens is 248 g/mol. The second kappa shape index (κ2) is 5.12. The molecule has 0 saturated carbocycles. The van der Waals surface area contributed by atoms with Crippen LogP contribution >= 0.6 is 0 Å². The first-order valence-electron chi connectivity index (χ1n) is 5.96. The fraction of sp³-hybridized carbons (Fsp3) is 0.385. The molecule has 0 unspecified atom stereocenters. The summed E-state index contributed by atoms with van der Waals surface area (Å²) in [5.41, 5.74) is 7.88. The summed E-state index contributed by atoms with van der Waals surface area (Å²) in [6, 6.07) is 8.10. The van der Waals surface area contributed by atoms with E-state index in [-0.39, 0.29) is 5.75 Å². The van der Waals surface area contributed by atoms with Gasteiger partial charge in [-0.15, -0.1) is 0 Å². The number of benzene rings is 1. The fourth-order valence-electron chi connectivity index (χ4n) is 2.12. The van der Waals surface area contributed by atoms with E-state index in [4.69, 9.17) is 5.73 Å². The van der Waals surface area contributed by atoms with Crippen molar-refractivity contribution >= 4 is 20.7 Å². The molecule has 2 rings (SSSR count). The molecular formula is C13H18N2O2S. The molecule has 4 nitrogen and oxygen atoms in total. The molecule has 0 fully saturated rings. The predicted molar refractivity (Wildman–Crippen MR) is 74.4 cm³/mol. The summed E-state index contributed by atoms with van der Waals surface area (Å²) in [4.78, 5) is 0. The van der Waals surface area contributed by atoms with Crippen LogP contribution in [-0.4, -0.2) is 31.5 Å². The number of sulfone groups is 1. The zero-order valence-corrected chi connectivity index (χ0v) is 11.3. The van der Waals surface area contributed by atoms with Crippen molar-refractivity contribution in [3.63, 3.8) is 0 Å². The van der Waals surface area contributed by atoms with Gasteiger partial charge in [-0.05, 0) is 30.7 Å². The molecule has 2 N–H and O–H groups in total. The van der Waals surface area contributed by atoms with E-state index in [1.807, 2.05) is 29.0 Å². The number of hydrogen-bond donors (Lipinski definition) is 1. The average Bonchev–Trinajstić information content (AvgIpc) is 2.70. The highest BCUT2D eigenvalue weighted by molar-refractivity contribution is 7.90. The molecule has 1 heterocycles. The van der Waals surface area contributed by atoms with E-state index in [1.165, 1.54) is 11.8 Å². The lowest BCUT2D eigenvalue weighted by molar-refractivity contribution is 0.596. The van der Waals surface area contributed by atoms with Crippen molar-refractivity contribution in [3.05, 3.63) is 36.0 Å². The topological polar surface area (TPSA) is 65.1 Å². The van der Waals surface area contributed by atoms with E-state index in [2.05, 4.69) is 6.07 Å². The molecule has 0 aliphatic carbocycles. The molecule has 1 aromatic carbocycles. The van der Waals surface area contributed by atoms with E-state index in [9.17, 15) is 8.42 Å². The highest BCUT2D eigenvalue weighted by Gasteiger charge is 2.07. The Hall–Kier alpha value is -1.33. The van der Waals surface area contributed by atoms with Crippen molar-refractivity contribution in [2.24, 2.45) is 5.73 Å². The predicted octanol–water partition coefficient (Wildman–Crippen LogP) is 1.19. The second-order valence-corrected chi connectivity index (χ2v) is 6.79. The summed E-state index contributed by atoms with van der Waals surface area (Å²) < 4.78 is 24.4. The van der Waals surface area contributed by atoms with Crippen LogP contribution in [0.3, 0.4) is 0 Å². The first kappa shape index (κ1) is 13.1. The van der Waals surface area contributed by atoms with Crippen molar-refractivity contribution < 1.29 is 8.42 Å². The Labute approximate surface area is 107 Å². The molecule has 0 aliphatic heterocycles. The summed E-state index contributed by atoms with van der Waals surface area (Å²) in [5, 5.41) is 1.16. The van der Waals surface area contributed by atoms with Gasteiger partial charge < -0.3 is 10.3 Å². The third-order valence-corrected chi connectivity index (χ3v) is 3.94. The lowest BCUT2D eigenvalue weighted by Crippen LogP contribution is -2.10. The maximum absolute atomic E-state index is 11.2. The van der Waals surface area contributed by atoms with Gasteiger partial charge in [-0.1, -0.05) is 12.1 Å². The van der Waals surface area contributed by atoms with Crippen molar-refractivity contribution in [2.45, 2.75) is 13.0 Å². The number of aryl methyl sites for hydroxylation is 1. The molecule has 0 bridgehead atoms. The lowest BCUT2D eigenvalue weighted by Gasteiger charge is -2.06. The first-order valence-corrected chi connectivity index (χ1v) is 8.02. The van der Waals surface area contributed by atoms with Crippen LogP contribution in [0.25, 0.3) is 10.9 Å². The van der Waals surface area contributed by atoms with Gasteiger partial charge in [0.15, 0.2) is 0 Å². The zero-order valence-electron chi connectivity index (χ0n) is 10.5. The van der Waals surface area contributed by atoms with E-state index in [0.29, 0.717) is 13.1 Å². The Morgan fingerprint density at radius 1 is 1.28 bits per heavy atom. The van der Waals surface area contributed by atoms with Gasteiger partial charge in [0, 0.05) is 29.9 Å². The van der Waals surface area contributed by atoms with Gasteiger partial charge in [0.1, 0.15) is 9.84 Å². The molecule has 18 heavy (non-hydrogen) atoms. The Bertz CT molecular complexity index is 644. The van der Waals surface area contributed by atoms with Gasteiger partial charge in [0.25, 0.3) is 0 Å². The molecule has 0 atom stereocenters. The largest absolute Gasteiger partial charge is 0.346 e. The molecule has 1 aromatic heterocycles. The van der Waals surface area contributed by atoms with Gasteiger partial charge in [0.2, 0.25) is 0 Å². The number of hydrogen-bond acceptors (Lipinski definition) is 3. The first-order chi connectivity index (χ1) is 8.51. The summed E-state index contributed by atoms with van der Waals surface area (Å²) >= 11 is 0. The number of aromatic nitrogens is 1. The minimum absolute atomic E-state index is 0.165. The Balaban J connectivity index is 2.33. The van der Waals surface area contributed by atoms with Gasteiger partial charge in [-0.2, -0.15) is 0 Å². The summed E-state index contributed by atoms with van der Waals surface area (Å²) in [7, 11) is -2.93. The van der Waals surface area contributed by atoms with Crippen LogP contribution in [0.1, 0.15) is 5.56 Å². The van der Waals surface area contributed by atoms with E-state index < -0.39 is 9.84 Å². The summed E-state index contributed by atoms with van der Waals surface area (Å²) in [5.74, 6) is 0.165. The number of fused-ring (bicyclic) bond motifs is 1. The van der Waals surface area contributed by atoms with Crippen LogP contribution in [0.15, 0.2) is 30.5 Å². The standard InChI is InChI=1S/C13H18N2O2S/c1-18(16,17)10-9-15-8-6-12-11(5-7-14)3-2-4-13(12)15/h2-4,6,8H,5,7,9-10,14H2,1H3. The van der Waals surface area contributed by atoms with Gasteiger partial charge in [0.05, 0.1) is 5.75 Å². The van der Waals surface area contributed by atoms with Gasteiger partial charge in [-0.25, -0.2) is 8.42 Å². The molecule has 2 aromatic rings. The minimum atomic E-state index is -2.93. The Morgan fingerprint density at radius 2 is 2.06 bits per heavy atom. The number of rotatable bonds is 5. The van der Waals surface area contributed by atoms with Crippen LogP contribution in [0.2, 0.25) is 0 Å². The highest BCUT2D eigenvalue weighted by Crippen LogP contribution is 2.20. The van der Waals surface area contributed by atoms with Crippen LogP contribution in [-0.2, 0) is 22.8 Å². The monoisotopic (exact) mass is 266 g/mol. The average molecular weight is 266 g/mol. The van der Waals surface area contributed by atoms with Crippen molar-refractivity contribution in [1.29, 1.82) is 0 Å². The van der Waals surface area contributed by atoms with Crippen LogP contribution < -0.4 is 5.73 Å².